The van der Waals surface area contributed by atoms with E-state index in [1.807, 2.05) is 0 Å². The Kier molecular flexibility index (Phi) is 6.32. The van der Waals surface area contributed by atoms with Crippen molar-refractivity contribution < 1.29 is 4.74 Å². The highest BCUT2D eigenvalue weighted by Crippen LogP contribution is 2.15. The smallest absolute Gasteiger partial charge is 0.0589 e. The van der Waals surface area contributed by atoms with E-state index < -0.39 is 0 Å². The van der Waals surface area contributed by atoms with Gasteiger partial charge in [0, 0.05) is 32.3 Å². The first-order valence-electron chi connectivity index (χ1n) is 6.65. The van der Waals surface area contributed by atoms with Crippen molar-refractivity contribution in [2.75, 3.05) is 33.4 Å². The quantitative estimate of drug-likeness (QED) is 0.775. The van der Waals surface area contributed by atoms with Crippen LogP contribution in [-0.2, 0) is 4.74 Å². The fraction of sp³-hybridized carbons (Fsp3) is 1.00. The lowest BCUT2D eigenvalue weighted by Gasteiger charge is -2.30. The Hall–Kier alpha value is -0.120. The second kappa shape index (κ2) is 7.25. The molecule has 3 atom stereocenters. The van der Waals surface area contributed by atoms with Crippen molar-refractivity contribution in [3.05, 3.63) is 0 Å². The van der Waals surface area contributed by atoms with Gasteiger partial charge in [0.1, 0.15) is 0 Å². The molecule has 0 radical (unpaired) electrons. The van der Waals surface area contributed by atoms with Gasteiger partial charge in [-0.15, -0.1) is 0 Å². The fourth-order valence-corrected chi connectivity index (χ4v) is 2.34. The van der Waals surface area contributed by atoms with E-state index in [2.05, 4.69) is 31.0 Å². The number of hydrogen-bond acceptors (Lipinski definition) is 3. The number of nitrogens with zero attached hydrogens (tertiary/aromatic N) is 1. The number of rotatable bonds is 5. The van der Waals surface area contributed by atoms with Gasteiger partial charge in [0.2, 0.25) is 0 Å². The highest BCUT2D eigenvalue weighted by atomic mass is 16.5. The van der Waals surface area contributed by atoms with Crippen LogP contribution < -0.4 is 5.32 Å². The molecule has 1 heterocycles. The van der Waals surface area contributed by atoms with Crippen LogP contribution in [0.25, 0.3) is 0 Å². The van der Waals surface area contributed by atoms with E-state index in [9.17, 15) is 0 Å². The molecule has 1 aliphatic heterocycles. The van der Waals surface area contributed by atoms with Gasteiger partial charge in [0.05, 0.1) is 6.61 Å². The lowest BCUT2D eigenvalue weighted by molar-refractivity contribution is 0.118. The first-order chi connectivity index (χ1) is 7.69. The summed E-state index contributed by atoms with van der Waals surface area (Å²) < 4.78 is 5.19. The van der Waals surface area contributed by atoms with Crippen molar-refractivity contribution in [3.63, 3.8) is 0 Å². The molecule has 0 saturated carbocycles. The zero-order valence-corrected chi connectivity index (χ0v) is 11.3. The van der Waals surface area contributed by atoms with Crippen molar-refractivity contribution in [1.29, 1.82) is 0 Å². The topological polar surface area (TPSA) is 24.5 Å². The molecule has 0 spiro atoms. The van der Waals surface area contributed by atoms with E-state index in [0.717, 1.165) is 25.6 Å². The second-order valence-electron chi connectivity index (χ2n) is 5.07. The highest BCUT2D eigenvalue weighted by molar-refractivity contribution is 4.83. The van der Waals surface area contributed by atoms with Crippen LogP contribution in [0.3, 0.4) is 0 Å². The first kappa shape index (κ1) is 13.9. The minimum atomic E-state index is 0.645. The Labute approximate surface area is 101 Å². The minimum absolute atomic E-state index is 0.645. The van der Waals surface area contributed by atoms with Crippen LogP contribution in [0.15, 0.2) is 0 Å². The third kappa shape index (κ3) is 4.04. The van der Waals surface area contributed by atoms with E-state index in [4.69, 9.17) is 4.74 Å². The standard InChI is InChI=1S/C13H28N2O/c1-5-11(2)13-10-15(8-9-16-4)12(3)6-7-14-13/h11-14H,5-10H2,1-4H3. The summed E-state index contributed by atoms with van der Waals surface area (Å²) in [5.41, 5.74) is 0. The highest BCUT2D eigenvalue weighted by Gasteiger charge is 2.25. The van der Waals surface area contributed by atoms with Gasteiger partial charge in [0.25, 0.3) is 0 Å². The van der Waals surface area contributed by atoms with Crippen LogP contribution in [0, 0.1) is 5.92 Å². The van der Waals surface area contributed by atoms with Crippen LogP contribution in [0.4, 0.5) is 0 Å². The molecule has 16 heavy (non-hydrogen) atoms. The predicted octanol–water partition coefficient (Wildman–Crippen LogP) is 1.73. The van der Waals surface area contributed by atoms with E-state index in [0.29, 0.717) is 12.1 Å². The SMILES string of the molecule is CCC(C)C1CN(CCOC)C(C)CCN1. The van der Waals surface area contributed by atoms with Gasteiger partial charge >= 0.3 is 0 Å². The largest absolute Gasteiger partial charge is 0.383 e. The summed E-state index contributed by atoms with van der Waals surface area (Å²) in [6.07, 6.45) is 2.50. The van der Waals surface area contributed by atoms with Crippen LogP contribution in [0.5, 0.6) is 0 Å². The summed E-state index contributed by atoms with van der Waals surface area (Å²) in [6.45, 7) is 11.2. The Morgan fingerprint density at radius 3 is 2.88 bits per heavy atom. The lowest BCUT2D eigenvalue weighted by atomic mass is 9.99. The van der Waals surface area contributed by atoms with Crippen LogP contribution in [0.1, 0.15) is 33.6 Å². The van der Waals surface area contributed by atoms with Crippen molar-refractivity contribution in [1.82, 2.24) is 10.2 Å². The second-order valence-corrected chi connectivity index (χ2v) is 5.07. The molecular weight excluding hydrogens is 200 g/mol. The van der Waals surface area contributed by atoms with Gasteiger partial charge in [-0.05, 0) is 25.8 Å². The third-order valence-electron chi connectivity index (χ3n) is 3.94. The summed E-state index contributed by atoms with van der Waals surface area (Å²) >= 11 is 0. The summed E-state index contributed by atoms with van der Waals surface area (Å²) in [7, 11) is 1.78. The van der Waals surface area contributed by atoms with Gasteiger partial charge in [-0.3, -0.25) is 4.90 Å². The molecule has 96 valence electrons. The van der Waals surface area contributed by atoms with Gasteiger partial charge in [0.15, 0.2) is 0 Å². The molecule has 0 amide bonds. The monoisotopic (exact) mass is 228 g/mol. The van der Waals surface area contributed by atoms with Gasteiger partial charge in [-0.2, -0.15) is 0 Å². The molecule has 0 aromatic rings. The van der Waals surface area contributed by atoms with E-state index in [1.165, 1.54) is 19.4 Å². The summed E-state index contributed by atoms with van der Waals surface area (Å²) in [5, 5.41) is 3.69. The molecule has 1 fully saturated rings. The molecule has 3 unspecified atom stereocenters. The van der Waals surface area contributed by atoms with Gasteiger partial charge < -0.3 is 10.1 Å². The van der Waals surface area contributed by atoms with Crippen molar-refractivity contribution in [3.8, 4) is 0 Å². The Morgan fingerprint density at radius 1 is 1.50 bits per heavy atom. The molecular formula is C13H28N2O. The fourth-order valence-electron chi connectivity index (χ4n) is 2.34. The van der Waals surface area contributed by atoms with Crippen molar-refractivity contribution >= 4 is 0 Å². The zero-order valence-electron chi connectivity index (χ0n) is 11.3. The van der Waals surface area contributed by atoms with Crippen LogP contribution in [0.2, 0.25) is 0 Å². The maximum atomic E-state index is 5.19. The molecule has 1 N–H and O–H groups in total. The molecule has 0 bridgehead atoms. The molecule has 3 heteroatoms. The Morgan fingerprint density at radius 2 is 2.25 bits per heavy atom. The maximum Gasteiger partial charge on any atom is 0.0589 e. The predicted molar refractivity (Wildman–Crippen MR) is 68.8 cm³/mol. The number of hydrogen-bond donors (Lipinski definition) is 1. The summed E-state index contributed by atoms with van der Waals surface area (Å²) in [4.78, 5) is 2.57. The third-order valence-corrected chi connectivity index (χ3v) is 3.94. The van der Waals surface area contributed by atoms with E-state index in [-0.39, 0.29) is 0 Å². The van der Waals surface area contributed by atoms with E-state index in [1.54, 1.807) is 7.11 Å². The van der Waals surface area contributed by atoms with E-state index >= 15 is 0 Å². The zero-order chi connectivity index (χ0) is 12.0. The minimum Gasteiger partial charge on any atom is -0.383 e. The molecule has 0 aromatic heterocycles. The maximum absolute atomic E-state index is 5.19. The Bertz CT molecular complexity index is 187. The molecule has 1 rings (SSSR count). The Balaban J connectivity index is 2.51. The van der Waals surface area contributed by atoms with Crippen molar-refractivity contribution in [2.45, 2.75) is 45.7 Å². The van der Waals surface area contributed by atoms with Gasteiger partial charge in [-0.1, -0.05) is 20.3 Å². The van der Waals surface area contributed by atoms with Crippen LogP contribution in [-0.4, -0.2) is 50.3 Å². The average molecular weight is 228 g/mol. The van der Waals surface area contributed by atoms with Gasteiger partial charge in [-0.25, -0.2) is 0 Å². The average Bonchev–Trinajstić information content (AvgIpc) is 2.48. The molecule has 0 aromatic carbocycles. The molecule has 3 nitrogen and oxygen atoms in total. The number of ether oxygens (including phenoxy) is 1. The molecule has 0 aliphatic carbocycles. The van der Waals surface area contributed by atoms with Crippen molar-refractivity contribution in [2.24, 2.45) is 5.92 Å². The number of methoxy groups -OCH3 is 1. The first-order valence-corrected chi connectivity index (χ1v) is 6.65. The number of nitrogens with one attached hydrogen (secondary N) is 1. The normalized spacial score (nSPS) is 30.0. The molecule has 1 aliphatic rings. The lowest BCUT2D eigenvalue weighted by Crippen LogP contribution is -2.44. The summed E-state index contributed by atoms with van der Waals surface area (Å²) in [6, 6.07) is 1.32. The van der Waals surface area contributed by atoms with Crippen LogP contribution >= 0.6 is 0 Å². The summed E-state index contributed by atoms with van der Waals surface area (Å²) in [5.74, 6) is 0.760. The molecule has 1 saturated heterocycles.